The van der Waals surface area contributed by atoms with Gasteiger partial charge in [-0.2, -0.15) is 5.10 Å². The number of nitrogens with one attached hydrogen (secondary N) is 1. The standard InChI is InChI=1S/C14H11BrN4O/c1-9-2-3-10(8-11(9)15)18-14(20)12-4-6-16-13-5-7-17-19(12)13/h2-8H,1H3,(H,18,20). The van der Waals surface area contributed by atoms with E-state index in [0.29, 0.717) is 11.3 Å². The van der Waals surface area contributed by atoms with Crippen LogP contribution in [0.2, 0.25) is 0 Å². The van der Waals surface area contributed by atoms with Crippen molar-refractivity contribution < 1.29 is 4.79 Å². The van der Waals surface area contributed by atoms with Crippen molar-refractivity contribution in [2.24, 2.45) is 0 Å². The summed E-state index contributed by atoms with van der Waals surface area (Å²) < 4.78 is 2.47. The number of fused-ring (bicyclic) bond motifs is 1. The Morgan fingerprint density at radius 2 is 2.10 bits per heavy atom. The summed E-state index contributed by atoms with van der Waals surface area (Å²) >= 11 is 3.45. The lowest BCUT2D eigenvalue weighted by atomic mass is 10.2. The van der Waals surface area contributed by atoms with Gasteiger partial charge in [-0.25, -0.2) is 9.50 Å². The Morgan fingerprint density at radius 3 is 2.90 bits per heavy atom. The molecule has 2 heterocycles. The fraction of sp³-hybridized carbons (Fsp3) is 0.0714. The van der Waals surface area contributed by atoms with E-state index in [1.165, 1.54) is 4.52 Å². The number of anilines is 1. The zero-order chi connectivity index (χ0) is 14.1. The molecule has 3 aromatic rings. The first kappa shape index (κ1) is 12.8. The van der Waals surface area contributed by atoms with Gasteiger partial charge in [0.25, 0.3) is 5.91 Å². The molecular formula is C14H11BrN4O. The van der Waals surface area contributed by atoms with Crippen LogP contribution < -0.4 is 5.32 Å². The first-order chi connectivity index (χ1) is 9.65. The van der Waals surface area contributed by atoms with Gasteiger partial charge in [-0.15, -0.1) is 0 Å². The number of hydrogen-bond donors (Lipinski definition) is 1. The average Bonchev–Trinajstić information content (AvgIpc) is 2.91. The van der Waals surface area contributed by atoms with E-state index < -0.39 is 0 Å². The predicted octanol–water partition coefficient (Wildman–Crippen LogP) is 3.05. The topological polar surface area (TPSA) is 59.3 Å². The van der Waals surface area contributed by atoms with Crippen molar-refractivity contribution >= 4 is 33.2 Å². The minimum Gasteiger partial charge on any atom is -0.321 e. The van der Waals surface area contributed by atoms with Crippen LogP contribution in [0.25, 0.3) is 5.65 Å². The first-order valence-electron chi connectivity index (χ1n) is 6.01. The number of amides is 1. The molecule has 1 aromatic carbocycles. The Bertz CT molecular complexity index is 797. The molecule has 0 spiro atoms. The number of rotatable bonds is 2. The van der Waals surface area contributed by atoms with Crippen molar-refractivity contribution in [1.82, 2.24) is 14.6 Å². The maximum Gasteiger partial charge on any atom is 0.274 e. The molecule has 0 aliphatic heterocycles. The third-order valence-electron chi connectivity index (χ3n) is 2.95. The van der Waals surface area contributed by atoms with Crippen molar-refractivity contribution in [3.63, 3.8) is 0 Å². The van der Waals surface area contributed by atoms with Gasteiger partial charge in [-0.3, -0.25) is 4.79 Å². The van der Waals surface area contributed by atoms with Gasteiger partial charge < -0.3 is 5.32 Å². The molecular weight excluding hydrogens is 320 g/mol. The molecule has 0 aliphatic carbocycles. The van der Waals surface area contributed by atoms with Crippen molar-refractivity contribution in [2.45, 2.75) is 6.92 Å². The van der Waals surface area contributed by atoms with Gasteiger partial charge in [0.05, 0.1) is 6.20 Å². The largest absolute Gasteiger partial charge is 0.321 e. The van der Waals surface area contributed by atoms with Crippen LogP contribution >= 0.6 is 15.9 Å². The van der Waals surface area contributed by atoms with Crippen LogP contribution in [-0.2, 0) is 0 Å². The van der Waals surface area contributed by atoms with E-state index in [1.54, 1.807) is 24.5 Å². The van der Waals surface area contributed by atoms with Gasteiger partial charge in [0.1, 0.15) is 5.69 Å². The SMILES string of the molecule is Cc1ccc(NC(=O)c2ccnc3ccnn23)cc1Br. The number of hydrogen-bond acceptors (Lipinski definition) is 3. The summed E-state index contributed by atoms with van der Waals surface area (Å²) in [7, 11) is 0. The molecule has 1 amide bonds. The lowest BCUT2D eigenvalue weighted by Gasteiger charge is -2.08. The summed E-state index contributed by atoms with van der Waals surface area (Å²) in [5.74, 6) is -0.225. The van der Waals surface area contributed by atoms with Crippen LogP contribution in [0, 0.1) is 6.92 Å². The van der Waals surface area contributed by atoms with Gasteiger partial charge in [-0.1, -0.05) is 22.0 Å². The lowest BCUT2D eigenvalue weighted by molar-refractivity contribution is 0.102. The van der Waals surface area contributed by atoms with E-state index in [1.807, 2.05) is 25.1 Å². The molecule has 6 heteroatoms. The van der Waals surface area contributed by atoms with Gasteiger partial charge in [0.15, 0.2) is 5.65 Å². The van der Waals surface area contributed by atoms with E-state index in [4.69, 9.17) is 0 Å². The third kappa shape index (κ3) is 2.30. The third-order valence-corrected chi connectivity index (χ3v) is 3.81. The van der Waals surface area contributed by atoms with E-state index in [-0.39, 0.29) is 5.91 Å². The maximum absolute atomic E-state index is 12.3. The average molecular weight is 331 g/mol. The second kappa shape index (κ2) is 5.05. The van der Waals surface area contributed by atoms with Crippen LogP contribution in [-0.4, -0.2) is 20.5 Å². The summed E-state index contributed by atoms with van der Waals surface area (Å²) in [6, 6.07) is 9.06. The molecule has 1 N–H and O–H groups in total. The molecule has 2 aromatic heterocycles. The second-order valence-electron chi connectivity index (χ2n) is 4.35. The molecule has 0 atom stereocenters. The number of aryl methyl sites for hydroxylation is 1. The summed E-state index contributed by atoms with van der Waals surface area (Å²) in [5, 5.41) is 6.95. The Labute approximate surface area is 123 Å². The zero-order valence-corrected chi connectivity index (χ0v) is 12.3. The normalized spacial score (nSPS) is 10.7. The van der Waals surface area contributed by atoms with Gasteiger partial charge in [-0.05, 0) is 30.7 Å². The molecule has 20 heavy (non-hydrogen) atoms. The second-order valence-corrected chi connectivity index (χ2v) is 5.20. The minimum absolute atomic E-state index is 0.225. The predicted molar refractivity (Wildman–Crippen MR) is 79.8 cm³/mol. The van der Waals surface area contributed by atoms with E-state index in [2.05, 4.69) is 31.3 Å². The van der Waals surface area contributed by atoms with Crippen molar-refractivity contribution in [3.8, 4) is 0 Å². The monoisotopic (exact) mass is 330 g/mol. The molecule has 0 fully saturated rings. The van der Waals surface area contributed by atoms with Crippen molar-refractivity contribution in [2.75, 3.05) is 5.32 Å². The van der Waals surface area contributed by atoms with Crippen LogP contribution in [0.5, 0.6) is 0 Å². The molecule has 0 saturated heterocycles. The number of halogens is 1. The number of aromatic nitrogens is 3. The fourth-order valence-corrected chi connectivity index (χ4v) is 2.25. The molecule has 3 rings (SSSR count). The van der Waals surface area contributed by atoms with Crippen LogP contribution in [0.1, 0.15) is 16.1 Å². The lowest BCUT2D eigenvalue weighted by Crippen LogP contribution is -2.16. The molecule has 0 radical (unpaired) electrons. The first-order valence-corrected chi connectivity index (χ1v) is 6.81. The highest BCUT2D eigenvalue weighted by atomic mass is 79.9. The molecule has 0 unspecified atom stereocenters. The summed E-state index contributed by atoms with van der Waals surface area (Å²) in [5.41, 5.74) is 2.92. The molecule has 0 aliphatic rings. The van der Waals surface area contributed by atoms with E-state index in [9.17, 15) is 4.79 Å². The summed E-state index contributed by atoms with van der Waals surface area (Å²) in [6.45, 7) is 1.99. The van der Waals surface area contributed by atoms with Crippen LogP contribution in [0.4, 0.5) is 5.69 Å². The van der Waals surface area contributed by atoms with Crippen LogP contribution in [0.3, 0.4) is 0 Å². The summed E-state index contributed by atoms with van der Waals surface area (Å²) in [6.07, 6.45) is 3.21. The zero-order valence-electron chi connectivity index (χ0n) is 10.7. The Hall–Kier alpha value is -2.21. The number of benzene rings is 1. The highest BCUT2D eigenvalue weighted by molar-refractivity contribution is 9.10. The molecule has 0 bridgehead atoms. The number of carbonyl (C=O) groups excluding carboxylic acids is 1. The molecule has 100 valence electrons. The van der Waals surface area contributed by atoms with Gasteiger partial charge >= 0.3 is 0 Å². The minimum atomic E-state index is -0.225. The highest BCUT2D eigenvalue weighted by Gasteiger charge is 2.11. The van der Waals surface area contributed by atoms with Gasteiger partial charge in [0, 0.05) is 22.4 Å². The number of nitrogens with zero attached hydrogens (tertiary/aromatic N) is 3. The van der Waals surface area contributed by atoms with Crippen molar-refractivity contribution in [3.05, 3.63) is 58.5 Å². The molecule has 0 saturated carbocycles. The Kier molecular flexibility index (Phi) is 3.23. The maximum atomic E-state index is 12.3. The van der Waals surface area contributed by atoms with Crippen LogP contribution in [0.15, 0.2) is 47.2 Å². The van der Waals surface area contributed by atoms with E-state index >= 15 is 0 Å². The summed E-state index contributed by atoms with van der Waals surface area (Å²) in [4.78, 5) is 16.4. The fourth-order valence-electron chi connectivity index (χ4n) is 1.87. The Balaban J connectivity index is 1.93. The Morgan fingerprint density at radius 1 is 1.25 bits per heavy atom. The van der Waals surface area contributed by atoms with E-state index in [0.717, 1.165) is 15.7 Å². The highest BCUT2D eigenvalue weighted by Crippen LogP contribution is 2.21. The molecule has 5 nitrogen and oxygen atoms in total. The number of carbonyl (C=O) groups is 1. The smallest absolute Gasteiger partial charge is 0.274 e. The van der Waals surface area contributed by atoms with Gasteiger partial charge in [0.2, 0.25) is 0 Å². The van der Waals surface area contributed by atoms with Crippen molar-refractivity contribution in [1.29, 1.82) is 0 Å². The quantitative estimate of drug-likeness (QED) is 0.785.